The summed E-state index contributed by atoms with van der Waals surface area (Å²) in [6.07, 6.45) is 0.472. The summed E-state index contributed by atoms with van der Waals surface area (Å²) < 4.78 is 16.1. The van der Waals surface area contributed by atoms with Crippen LogP contribution in [0.3, 0.4) is 0 Å². The molecule has 12 nitrogen and oxygen atoms in total. The van der Waals surface area contributed by atoms with Crippen molar-refractivity contribution in [2.24, 2.45) is 9.98 Å². The number of thioether (sulfide) groups is 1. The van der Waals surface area contributed by atoms with Crippen molar-refractivity contribution in [2.75, 3.05) is 38.9 Å². The zero-order chi connectivity index (χ0) is 26.8. The van der Waals surface area contributed by atoms with E-state index >= 15 is 0 Å². The molecule has 0 spiro atoms. The second kappa shape index (κ2) is 13.6. The Bertz CT molecular complexity index is 1160. The third kappa shape index (κ3) is 7.67. The van der Waals surface area contributed by atoms with Gasteiger partial charge in [-0.3, -0.25) is 4.79 Å². The molecule has 0 aromatic heterocycles. The monoisotopic (exact) mass is 532 g/mol. The maximum atomic E-state index is 12.0. The van der Waals surface area contributed by atoms with Gasteiger partial charge in [0.15, 0.2) is 18.1 Å². The first kappa shape index (κ1) is 27.9. The fourth-order valence-corrected chi connectivity index (χ4v) is 3.49. The highest BCUT2D eigenvalue weighted by Gasteiger charge is 2.23. The molecule has 0 aliphatic carbocycles. The van der Waals surface area contributed by atoms with E-state index in [4.69, 9.17) is 33.9 Å². The molecule has 13 heteroatoms. The van der Waals surface area contributed by atoms with Crippen LogP contribution in [0.2, 0.25) is 0 Å². The lowest BCUT2D eigenvalue weighted by Gasteiger charge is -2.15. The molecule has 1 saturated heterocycles. The van der Waals surface area contributed by atoms with E-state index in [9.17, 15) is 9.59 Å². The number of hydrogen-bond donors (Lipinski definition) is 1. The van der Waals surface area contributed by atoms with Gasteiger partial charge in [0.25, 0.3) is 5.91 Å². The average Bonchev–Trinajstić information content (AvgIpc) is 3.36. The average molecular weight is 533 g/mol. The molecule has 1 unspecified atom stereocenters. The van der Waals surface area contributed by atoms with E-state index in [0.717, 1.165) is 5.23 Å². The lowest BCUT2D eigenvalue weighted by molar-refractivity contribution is -0.280. The topological polar surface area (TPSA) is 130 Å². The summed E-state index contributed by atoms with van der Waals surface area (Å²) in [6, 6.07) is 12.1. The van der Waals surface area contributed by atoms with Gasteiger partial charge in [0, 0.05) is 12.6 Å². The summed E-state index contributed by atoms with van der Waals surface area (Å²) in [5.41, 5.74) is 2.16. The van der Waals surface area contributed by atoms with E-state index in [1.165, 1.54) is 25.9 Å². The summed E-state index contributed by atoms with van der Waals surface area (Å²) in [5, 5.41) is 3.98. The van der Waals surface area contributed by atoms with Crippen molar-refractivity contribution in [1.29, 1.82) is 0 Å². The van der Waals surface area contributed by atoms with Crippen molar-refractivity contribution in [3.8, 4) is 11.5 Å². The van der Waals surface area contributed by atoms with Crippen LogP contribution in [0.1, 0.15) is 19.4 Å². The normalized spacial score (nSPS) is 15.9. The first-order valence-electron chi connectivity index (χ1n) is 11.2. The minimum atomic E-state index is -0.764. The second-order valence-corrected chi connectivity index (χ2v) is 8.02. The molecule has 0 saturated carbocycles. The Hall–Kier alpha value is -3.65. The van der Waals surface area contributed by atoms with Crippen LogP contribution in [-0.4, -0.2) is 62.7 Å². The lowest BCUT2D eigenvalue weighted by Crippen LogP contribution is -2.25. The van der Waals surface area contributed by atoms with Gasteiger partial charge in [-0.25, -0.2) is 14.6 Å². The molecule has 198 valence electrons. The molecule has 2 amide bonds. The van der Waals surface area contributed by atoms with Crippen LogP contribution in [0.25, 0.3) is 0 Å². The number of benzene rings is 2. The van der Waals surface area contributed by atoms with E-state index in [2.05, 4.69) is 10.3 Å². The van der Waals surface area contributed by atoms with Crippen LogP contribution in [-0.2, 0) is 24.2 Å². The van der Waals surface area contributed by atoms with Gasteiger partial charge in [0.1, 0.15) is 10.8 Å². The fraction of sp³-hybridized carbons (Fsp3) is 0.333. The minimum absolute atomic E-state index is 0.169. The van der Waals surface area contributed by atoms with E-state index in [0.29, 0.717) is 45.8 Å². The Kier molecular flexibility index (Phi) is 10.3. The molecule has 1 aliphatic rings. The Balaban J connectivity index is 2.01. The SMILES string of the molecule is CCOc1cc(C(=Nc2ccc(N3OOC(C)O3)cc2)C(=NC(=O)OC)SC)ccc1OCC(=O)NC. The number of nitrogens with one attached hydrogen (secondary N) is 1. The molecule has 2 aromatic rings. The lowest BCUT2D eigenvalue weighted by atomic mass is 10.1. The van der Waals surface area contributed by atoms with Crippen LogP contribution in [0, 0.1) is 0 Å². The molecule has 3 rings (SSSR count). The Morgan fingerprint density at radius 3 is 2.49 bits per heavy atom. The summed E-state index contributed by atoms with van der Waals surface area (Å²) in [5.74, 6) is 0.511. The number of hydrogen-bond acceptors (Lipinski definition) is 11. The van der Waals surface area contributed by atoms with Gasteiger partial charge in [-0.1, -0.05) is 10.2 Å². The van der Waals surface area contributed by atoms with Crippen molar-refractivity contribution in [1.82, 2.24) is 5.32 Å². The number of aliphatic imine (C=N–C) groups is 2. The van der Waals surface area contributed by atoms with Crippen LogP contribution < -0.4 is 20.0 Å². The molecule has 1 aliphatic heterocycles. The van der Waals surface area contributed by atoms with E-state index in [1.807, 2.05) is 6.92 Å². The van der Waals surface area contributed by atoms with E-state index in [1.54, 1.807) is 55.6 Å². The Labute approximate surface area is 218 Å². The summed E-state index contributed by atoms with van der Waals surface area (Å²) in [7, 11) is 2.77. The molecule has 37 heavy (non-hydrogen) atoms. The third-order valence-electron chi connectivity index (χ3n) is 4.71. The zero-order valence-corrected chi connectivity index (χ0v) is 21.9. The van der Waals surface area contributed by atoms with Crippen molar-refractivity contribution >= 4 is 45.9 Å². The molecule has 0 radical (unpaired) electrons. The van der Waals surface area contributed by atoms with E-state index < -0.39 is 12.4 Å². The molecule has 1 N–H and O–H groups in total. The van der Waals surface area contributed by atoms with Crippen molar-refractivity contribution in [2.45, 2.75) is 20.1 Å². The van der Waals surface area contributed by atoms with Gasteiger partial charge in [-0.2, -0.15) is 9.88 Å². The highest BCUT2D eigenvalue weighted by atomic mass is 32.2. The first-order valence-corrected chi connectivity index (χ1v) is 12.4. The third-order valence-corrected chi connectivity index (χ3v) is 5.38. The standard InChI is InChI=1S/C24H28N4O8S/c1-6-32-20-13-16(7-12-19(20)33-14-21(29)25-3)22(23(37-5)27-24(30)31-4)26-17-8-10-18(11-9-17)28-34-15(2)35-36-28/h7-13,15H,6,14H2,1-5H3,(H,25,29). The Morgan fingerprint density at radius 1 is 1.14 bits per heavy atom. The smallest absolute Gasteiger partial charge is 0.434 e. The summed E-state index contributed by atoms with van der Waals surface area (Å²) in [4.78, 5) is 47.7. The summed E-state index contributed by atoms with van der Waals surface area (Å²) >= 11 is 1.23. The number of anilines is 1. The molecule has 2 aromatic carbocycles. The summed E-state index contributed by atoms with van der Waals surface area (Å²) in [6.45, 7) is 3.72. The van der Waals surface area contributed by atoms with Crippen LogP contribution >= 0.6 is 11.8 Å². The highest BCUT2D eigenvalue weighted by Crippen LogP contribution is 2.31. The van der Waals surface area contributed by atoms with Crippen LogP contribution in [0.5, 0.6) is 11.5 Å². The molecular weight excluding hydrogens is 504 g/mol. The minimum Gasteiger partial charge on any atom is -0.490 e. The number of likely N-dealkylation sites (N-methyl/N-ethyl adjacent to an activating group) is 1. The van der Waals surface area contributed by atoms with Crippen LogP contribution in [0.15, 0.2) is 52.4 Å². The predicted molar refractivity (Wildman–Crippen MR) is 138 cm³/mol. The number of ether oxygens (including phenoxy) is 3. The molecule has 0 bridgehead atoms. The van der Waals surface area contributed by atoms with Crippen molar-refractivity contribution in [3.05, 3.63) is 48.0 Å². The van der Waals surface area contributed by atoms with Crippen molar-refractivity contribution in [3.63, 3.8) is 0 Å². The molecule has 1 atom stereocenters. The maximum Gasteiger partial charge on any atom is 0.434 e. The highest BCUT2D eigenvalue weighted by molar-refractivity contribution is 8.15. The second-order valence-electron chi connectivity index (χ2n) is 7.23. The maximum absolute atomic E-state index is 12.0. The van der Waals surface area contributed by atoms with Gasteiger partial charge in [-0.15, -0.1) is 11.8 Å². The van der Waals surface area contributed by atoms with Crippen LogP contribution in [0.4, 0.5) is 16.2 Å². The number of carbonyl (C=O) groups excluding carboxylic acids is 2. The molecule has 1 heterocycles. The predicted octanol–water partition coefficient (Wildman–Crippen LogP) is 3.82. The first-order chi connectivity index (χ1) is 17.9. The van der Waals surface area contributed by atoms with Gasteiger partial charge in [-0.05, 0) is 62.6 Å². The molecule has 1 fully saturated rings. The Morgan fingerprint density at radius 2 is 1.89 bits per heavy atom. The number of amides is 2. The quantitative estimate of drug-likeness (QED) is 0.289. The largest absolute Gasteiger partial charge is 0.490 e. The van der Waals surface area contributed by atoms with E-state index in [-0.39, 0.29) is 12.5 Å². The fourth-order valence-electron chi connectivity index (χ4n) is 2.97. The number of carbonyl (C=O) groups is 2. The van der Waals surface area contributed by atoms with Gasteiger partial charge in [0.2, 0.25) is 6.29 Å². The van der Waals surface area contributed by atoms with Crippen molar-refractivity contribution < 1.29 is 38.5 Å². The number of rotatable bonds is 9. The van der Waals surface area contributed by atoms with Gasteiger partial charge >= 0.3 is 6.09 Å². The zero-order valence-electron chi connectivity index (χ0n) is 21.0. The van der Waals surface area contributed by atoms with Gasteiger partial charge in [0.05, 0.1) is 25.1 Å². The number of methoxy groups -OCH3 is 1. The van der Waals surface area contributed by atoms with Gasteiger partial charge < -0.3 is 19.5 Å². The number of nitrogens with zero attached hydrogens (tertiary/aromatic N) is 3. The molecular formula is C24H28N4O8S.